The van der Waals surface area contributed by atoms with Crippen LogP contribution in [0.5, 0.6) is 5.75 Å². The van der Waals surface area contributed by atoms with Gasteiger partial charge in [-0.05, 0) is 63.1 Å². The summed E-state index contributed by atoms with van der Waals surface area (Å²) in [5.74, 6) is 0.659. The number of amides is 1. The van der Waals surface area contributed by atoms with E-state index < -0.39 is 0 Å². The van der Waals surface area contributed by atoms with E-state index in [0.717, 1.165) is 11.3 Å². The van der Waals surface area contributed by atoms with Gasteiger partial charge in [0.25, 0.3) is 5.91 Å². The van der Waals surface area contributed by atoms with Gasteiger partial charge in [0.2, 0.25) is 0 Å². The van der Waals surface area contributed by atoms with Gasteiger partial charge in [0, 0.05) is 6.54 Å². The standard InChI is InChI=1S/C26H25FN6O3/c1-16-22(17(2)36-32-16)15-35-24-8-4-3-6-20(24)26(34)30-13-5-7-23-21(14-28)25(29)33(31-23)19-11-9-18(27)10-12-19/h3-4,6,8-12H,5,7,13,15,29H2,1-2H3,(H,30,34). The molecule has 2 aromatic heterocycles. The lowest BCUT2D eigenvalue weighted by atomic mass is 10.1. The first-order valence-corrected chi connectivity index (χ1v) is 11.3. The highest BCUT2D eigenvalue weighted by atomic mass is 19.1. The molecular weight excluding hydrogens is 463 g/mol. The number of hydrogen-bond donors (Lipinski definition) is 2. The summed E-state index contributed by atoms with van der Waals surface area (Å²) < 4.78 is 25.7. The Hall–Kier alpha value is -4.65. The molecule has 9 nitrogen and oxygen atoms in total. The van der Waals surface area contributed by atoms with E-state index in [2.05, 4.69) is 21.6 Å². The third-order valence-electron chi connectivity index (χ3n) is 5.74. The van der Waals surface area contributed by atoms with Crippen molar-refractivity contribution in [3.63, 3.8) is 0 Å². The van der Waals surface area contributed by atoms with Gasteiger partial charge < -0.3 is 20.3 Å². The van der Waals surface area contributed by atoms with Crippen molar-refractivity contribution in [2.24, 2.45) is 0 Å². The van der Waals surface area contributed by atoms with Crippen LogP contribution in [0.15, 0.2) is 53.1 Å². The minimum absolute atomic E-state index is 0.188. The number of nitrogens with one attached hydrogen (secondary N) is 1. The average molecular weight is 489 g/mol. The number of hydrogen-bond acceptors (Lipinski definition) is 7. The van der Waals surface area contributed by atoms with Crippen LogP contribution in [0.2, 0.25) is 0 Å². The van der Waals surface area contributed by atoms with Crippen molar-refractivity contribution in [3.05, 3.63) is 88.2 Å². The minimum atomic E-state index is -0.378. The third kappa shape index (κ3) is 5.20. The number of aromatic nitrogens is 3. The highest BCUT2D eigenvalue weighted by molar-refractivity contribution is 5.96. The Morgan fingerprint density at radius 2 is 1.97 bits per heavy atom. The Bertz CT molecular complexity index is 1400. The zero-order valence-corrected chi connectivity index (χ0v) is 19.9. The molecular formula is C26H25FN6O3. The lowest BCUT2D eigenvalue weighted by Gasteiger charge is -2.11. The minimum Gasteiger partial charge on any atom is -0.488 e. The molecule has 184 valence electrons. The van der Waals surface area contributed by atoms with Gasteiger partial charge in [-0.25, -0.2) is 9.07 Å². The predicted octanol–water partition coefficient (Wildman–Crippen LogP) is 4.01. The van der Waals surface area contributed by atoms with Crippen molar-refractivity contribution in [1.29, 1.82) is 5.26 Å². The number of carbonyl (C=O) groups is 1. The molecule has 1 amide bonds. The second kappa shape index (κ2) is 10.7. The second-order valence-electron chi connectivity index (χ2n) is 8.15. The van der Waals surface area contributed by atoms with Gasteiger partial charge in [-0.15, -0.1) is 0 Å². The van der Waals surface area contributed by atoms with E-state index in [1.807, 2.05) is 13.8 Å². The molecule has 0 spiro atoms. The summed E-state index contributed by atoms with van der Waals surface area (Å²) in [6, 6.07) is 14.7. The molecule has 0 radical (unpaired) electrons. The van der Waals surface area contributed by atoms with E-state index in [4.69, 9.17) is 15.0 Å². The number of anilines is 1. The summed E-state index contributed by atoms with van der Waals surface area (Å²) in [5.41, 5.74) is 9.43. The lowest BCUT2D eigenvalue weighted by molar-refractivity contribution is 0.0948. The molecule has 0 atom stereocenters. The fraction of sp³-hybridized carbons (Fsp3) is 0.231. The van der Waals surface area contributed by atoms with E-state index >= 15 is 0 Å². The molecule has 2 aromatic carbocycles. The monoisotopic (exact) mass is 488 g/mol. The molecule has 0 aliphatic carbocycles. The third-order valence-corrected chi connectivity index (χ3v) is 5.74. The molecule has 4 rings (SSSR count). The van der Waals surface area contributed by atoms with E-state index in [9.17, 15) is 14.4 Å². The van der Waals surface area contributed by atoms with Gasteiger partial charge in [-0.1, -0.05) is 17.3 Å². The van der Waals surface area contributed by atoms with Crippen LogP contribution in [0.25, 0.3) is 5.69 Å². The molecule has 0 saturated heterocycles. The SMILES string of the molecule is Cc1noc(C)c1COc1ccccc1C(=O)NCCCc1nn(-c2ccc(F)cc2)c(N)c1C#N. The summed E-state index contributed by atoms with van der Waals surface area (Å²) in [4.78, 5) is 12.8. The summed E-state index contributed by atoms with van der Waals surface area (Å²) in [6.07, 6.45) is 0.953. The molecule has 0 saturated carbocycles. The Balaban J connectivity index is 1.37. The summed E-state index contributed by atoms with van der Waals surface area (Å²) in [5, 5.41) is 20.8. The number of halogens is 1. The lowest BCUT2D eigenvalue weighted by Crippen LogP contribution is -2.25. The zero-order valence-electron chi connectivity index (χ0n) is 19.9. The van der Waals surface area contributed by atoms with Crippen LogP contribution in [0, 0.1) is 31.0 Å². The van der Waals surface area contributed by atoms with E-state index in [1.165, 1.54) is 28.9 Å². The number of nitrogens with two attached hydrogens (primary N) is 1. The quantitative estimate of drug-likeness (QED) is 0.340. The number of benzene rings is 2. The van der Waals surface area contributed by atoms with Crippen LogP contribution < -0.4 is 15.8 Å². The van der Waals surface area contributed by atoms with Gasteiger partial charge in [-0.2, -0.15) is 10.4 Å². The molecule has 2 heterocycles. The fourth-order valence-corrected chi connectivity index (χ4v) is 3.75. The molecule has 3 N–H and O–H groups in total. The highest BCUT2D eigenvalue weighted by Gasteiger charge is 2.18. The van der Waals surface area contributed by atoms with Crippen molar-refractivity contribution < 1.29 is 18.4 Å². The van der Waals surface area contributed by atoms with E-state index in [0.29, 0.717) is 47.8 Å². The smallest absolute Gasteiger partial charge is 0.255 e. The number of ether oxygens (including phenoxy) is 1. The number of aryl methyl sites for hydroxylation is 3. The van der Waals surface area contributed by atoms with Gasteiger partial charge in [0.15, 0.2) is 0 Å². The van der Waals surface area contributed by atoms with Crippen molar-refractivity contribution >= 4 is 11.7 Å². The summed E-state index contributed by atoms with van der Waals surface area (Å²) >= 11 is 0. The van der Waals surface area contributed by atoms with Crippen LogP contribution in [0.1, 0.15) is 45.1 Å². The first kappa shape index (κ1) is 24.5. The molecule has 0 aliphatic rings. The highest BCUT2D eigenvalue weighted by Crippen LogP contribution is 2.23. The zero-order chi connectivity index (χ0) is 25.7. The Kier molecular flexibility index (Phi) is 7.30. The number of nitrogen functional groups attached to an aromatic ring is 1. The van der Waals surface area contributed by atoms with Crippen LogP contribution in [0.4, 0.5) is 10.2 Å². The average Bonchev–Trinajstić information content (AvgIpc) is 3.38. The summed E-state index contributed by atoms with van der Waals surface area (Å²) in [6.45, 7) is 4.24. The topological polar surface area (TPSA) is 132 Å². The van der Waals surface area contributed by atoms with Crippen LogP contribution in [-0.2, 0) is 13.0 Å². The normalized spacial score (nSPS) is 10.7. The number of rotatable bonds is 9. The predicted molar refractivity (Wildman–Crippen MR) is 130 cm³/mol. The van der Waals surface area contributed by atoms with Crippen molar-refractivity contribution in [2.75, 3.05) is 12.3 Å². The van der Waals surface area contributed by atoms with Crippen molar-refractivity contribution in [1.82, 2.24) is 20.3 Å². The van der Waals surface area contributed by atoms with Gasteiger partial charge >= 0.3 is 0 Å². The first-order valence-electron chi connectivity index (χ1n) is 11.3. The van der Waals surface area contributed by atoms with E-state index in [-0.39, 0.29) is 29.7 Å². The maximum atomic E-state index is 13.2. The maximum absolute atomic E-state index is 13.2. The first-order chi connectivity index (χ1) is 17.4. The number of para-hydroxylation sites is 1. The molecule has 4 aromatic rings. The summed E-state index contributed by atoms with van der Waals surface area (Å²) in [7, 11) is 0. The van der Waals surface area contributed by atoms with Crippen LogP contribution >= 0.6 is 0 Å². The molecule has 0 bridgehead atoms. The molecule has 10 heteroatoms. The molecule has 0 aliphatic heterocycles. The Morgan fingerprint density at radius 1 is 1.22 bits per heavy atom. The van der Waals surface area contributed by atoms with Crippen molar-refractivity contribution in [2.45, 2.75) is 33.3 Å². The van der Waals surface area contributed by atoms with Gasteiger partial charge in [0.05, 0.1) is 28.2 Å². The molecule has 36 heavy (non-hydrogen) atoms. The molecule has 0 unspecified atom stereocenters. The number of nitriles is 1. The Labute approximate surface area is 207 Å². The van der Waals surface area contributed by atoms with Gasteiger partial charge in [-0.3, -0.25) is 4.79 Å². The molecule has 0 fully saturated rings. The van der Waals surface area contributed by atoms with E-state index in [1.54, 1.807) is 24.3 Å². The van der Waals surface area contributed by atoms with Crippen LogP contribution in [0.3, 0.4) is 0 Å². The largest absolute Gasteiger partial charge is 0.488 e. The Morgan fingerprint density at radius 3 is 2.67 bits per heavy atom. The maximum Gasteiger partial charge on any atom is 0.255 e. The number of carbonyl (C=O) groups excluding carboxylic acids is 1. The van der Waals surface area contributed by atoms with Crippen LogP contribution in [-0.4, -0.2) is 27.4 Å². The number of nitrogens with zero attached hydrogens (tertiary/aromatic N) is 4. The second-order valence-corrected chi connectivity index (χ2v) is 8.15. The fourth-order valence-electron chi connectivity index (χ4n) is 3.75. The van der Waals surface area contributed by atoms with Crippen molar-refractivity contribution in [3.8, 4) is 17.5 Å². The van der Waals surface area contributed by atoms with Gasteiger partial charge in [0.1, 0.15) is 41.4 Å².